The summed E-state index contributed by atoms with van der Waals surface area (Å²) in [7, 11) is 1.25. The number of aromatic nitrogens is 1. The fraction of sp³-hybridized carbons (Fsp3) is 0.190. The molecule has 2 aromatic carbocycles. The summed E-state index contributed by atoms with van der Waals surface area (Å²) in [6, 6.07) is 9.45. The van der Waals surface area contributed by atoms with Crippen molar-refractivity contribution in [3.63, 3.8) is 0 Å². The van der Waals surface area contributed by atoms with Gasteiger partial charge in [0.15, 0.2) is 4.80 Å². The number of imide groups is 1. The lowest BCUT2D eigenvalue weighted by Crippen LogP contribution is -2.28. The van der Waals surface area contributed by atoms with Crippen molar-refractivity contribution in [2.45, 2.75) is 19.4 Å². The molecular weight excluding hydrogens is 477 g/mol. The molecule has 8 nitrogen and oxygen atoms in total. The van der Waals surface area contributed by atoms with Crippen molar-refractivity contribution in [1.29, 1.82) is 0 Å². The first kappa shape index (κ1) is 22.2. The van der Waals surface area contributed by atoms with Crippen molar-refractivity contribution < 1.29 is 23.9 Å². The lowest BCUT2D eigenvalue weighted by molar-refractivity contribution is -0.141. The van der Waals surface area contributed by atoms with Crippen LogP contribution in [0.5, 0.6) is 0 Å². The molecule has 3 amide bonds. The zero-order valence-corrected chi connectivity index (χ0v) is 19.0. The van der Waals surface area contributed by atoms with Gasteiger partial charge in [-0.3, -0.25) is 24.1 Å². The second-order valence-electron chi connectivity index (χ2n) is 6.85. The van der Waals surface area contributed by atoms with E-state index >= 15 is 0 Å². The van der Waals surface area contributed by atoms with Crippen molar-refractivity contribution in [3.05, 3.63) is 56.8 Å². The average molecular weight is 492 g/mol. The van der Waals surface area contributed by atoms with Gasteiger partial charge in [0.2, 0.25) is 11.8 Å². The maximum atomic E-state index is 12.9. The maximum absolute atomic E-state index is 12.9. The zero-order chi connectivity index (χ0) is 23.0. The Morgan fingerprint density at radius 3 is 2.53 bits per heavy atom. The van der Waals surface area contributed by atoms with Crippen molar-refractivity contribution in [3.8, 4) is 0 Å². The van der Waals surface area contributed by atoms with Crippen LogP contribution < -0.4 is 9.70 Å². The van der Waals surface area contributed by atoms with E-state index < -0.39 is 11.9 Å². The maximum Gasteiger partial charge on any atom is 0.325 e. The number of hydrogen-bond acceptors (Lipinski definition) is 6. The van der Waals surface area contributed by atoms with Crippen LogP contribution in [0, 0.1) is 0 Å². The van der Waals surface area contributed by atoms with Gasteiger partial charge in [0.05, 0.1) is 33.1 Å². The highest BCUT2D eigenvalue weighted by Crippen LogP contribution is 2.32. The first-order valence-corrected chi connectivity index (χ1v) is 11.0. The van der Waals surface area contributed by atoms with Gasteiger partial charge < -0.3 is 9.30 Å². The number of rotatable bonds is 4. The SMILES string of the molecule is COC(=O)Cn1c(=NC(=O)c2cccc(N3C(=O)CCC3=O)c2)sc2ccc(Cl)c(Cl)c21. The van der Waals surface area contributed by atoms with E-state index in [-0.39, 0.29) is 46.6 Å². The number of amides is 3. The van der Waals surface area contributed by atoms with Gasteiger partial charge in [0.1, 0.15) is 6.54 Å². The first-order valence-electron chi connectivity index (χ1n) is 9.39. The molecule has 0 unspecified atom stereocenters. The third kappa shape index (κ3) is 4.06. The van der Waals surface area contributed by atoms with Crippen LogP contribution in [0.25, 0.3) is 10.2 Å². The van der Waals surface area contributed by atoms with Crippen LogP contribution in [0.15, 0.2) is 41.4 Å². The predicted octanol–water partition coefficient (Wildman–Crippen LogP) is 3.58. The fourth-order valence-corrected chi connectivity index (χ4v) is 4.83. The summed E-state index contributed by atoms with van der Waals surface area (Å²) in [5.74, 6) is -1.80. The summed E-state index contributed by atoms with van der Waals surface area (Å²) >= 11 is 13.6. The summed E-state index contributed by atoms with van der Waals surface area (Å²) in [4.78, 5) is 54.4. The smallest absolute Gasteiger partial charge is 0.325 e. The number of methoxy groups -OCH3 is 1. The second kappa shape index (κ2) is 8.85. The molecule has 4 rings (SSSR count). The molecule has 0 radical (unpaired) electrons. The van der Waals surface area contributed by atoms with E-state index in [0.29, 0.717) is 20.9 Å². The molecule has 11 heteroatoms. The highest BCUT2D eigenvalue weighted by Gasteiger charge is 2.30. The predicted molar refractivity (Wildman–Crippen MR) is 120 cm³/mol. The number of fused-ring (bicyclic) bond motifs is 1. The molecule has 1 aromatic heterocycles. The second-order valence-corrected chi connectivity index (χ2v) is 8.64. The highest BCUT2D eigenvalue weighted by atomic mass is 35.5. The average Bonchev–Trinajstić information content (AvgIpc) is 3.30. The van der Waals surface area contributed by atoms with Gasteiger partial charge in [-0.1, -0.05) is 40.6 Å². The molecule has 0 atom stereocenters. The third-order valence-electron chi connectivity index (χ3n) is 4.85. The summed E-state index contributed by atoms with van der Waals surface area (Å²) in [6.07, 6.45) is 0.278. The van der Waals surface area contributed by atoms with Crippen LogP contribution in [0.3, 0.4) is 0 Å². The minimum atomic E-state index is -0.613. The van der Waals surface area contributed by atoms with Crippen molar-refractivity contribution >= 4 is 74.1 Å². The van der Waals surface area contributed by atoms with Crippen LogP contribution in [0.1, 0.15) is 23.2 Å². The van der Waals surface area contributed by atoms with Gasteiger partial charge in [-0.15, -0.1) is 0 Å². The quantitative estimate of drug-likeness (QED) is 0.410. The lowest BCUT2D eigenvalue weighted by Gasteiger charge is -2.14. The van der Waals surface area contributed by atoms with E-state index in [1.165, 1.54) is 23.8 Å². The number of carbonyl (C=O) groups excluding carboxylic acids is 4. The number of thiazole rings is 1. The molecule has 0 bridgehead atoms. The number of halogens is 2. The number of nitrogens with zero attached hydrogens (tertiary/aromatic N) is 3. The zero-order valence-electron chi connectivity index (χ0n) is 16.6. The normalized spacial score (nSPS) is 14.5. The van der Waals surface area contributed by atoms with Gasteiger partial charge in [0, 0.05) is 18.4 Å². The molecule has 1 aliphatic rings. The Bertz CT molecular complexity index is 1350. The number of benzene rings is 2. The van der Waals surface area contributed by atoms with E-state index in [0.717, 1.165) is 16.2 Å². The highest BCUT2D eigenvalue weighted by molar-refractivity contribution is 7.16. The van der Waals surface area contributed by atoms with Crippen molar-refractivity contribution in [2.75, 3.05) is 12.0 Å². The van der Waals surface area contributed by atoms with Crippen LogP contribution in [-0.2, 0) is 25.7 Å². The van der Waals surface area contributed by atoms with Crippen LogP contribution in [0.2, 0.25) is 10.0 Å². The van der Waals surface area contributed by atoms with Gasteiger partial charge in [-0.05, 0) is 30.3 Å². The number of esters is 1. The van der Waals surface area contributed by atoms with Crippen molar-refractivity contribution in [2.24, 2.45) is 4.99 Å². The Hall–Kier alpha value is -3.01. The van der Waals surface area contributed by atoms with Crippen LogP contribution >= 0.6 is 34.5 Å². The Kier molecular flexibility index (Phi) is 6.14. The van der Waals surface area contributed by atoms with Crippen LogP contribution in [-0.4, -0.2) is 35.4 Å². The minimum absolute atomic E-state index is 0.139. The Balaban J connectivity index is 1.80. The molecular formula is C21H15Cl2N3O5S. The van der Waals surface area contributed by atoms with Gasteiger partial charge in [-0.25, -0.2) is 0 Å². The largest absolute Gasteiger partial charge is 0.468 e. The summed E-state index contributed by atoms with van der Waals surface area (Å²) in [5.41, 5.74) is 0.955. The minimum Gasteiger partial charge on any atom is -0.468 e. The van der Waals surface area contributed by atoms with Crippen molar-refractivity contribution in [1.82, 2.24) is 4.57 Å². The first-order chi connectivity index (χ1) is 15.3. The van der Waals surface area contributed by atoms with Gasteiger partial charge in [0.25, 0.3) is 5.91 Å². The number of ether oxygens (including phenoxy) is 1. The molecule has 1 saturated heterocycles. The molecule has 164 valence electrons. The number of carbonyl (C=O) groups is 4. The number of hydrogen-bond donors (Lipinski definition) is 0. The van der Waals surface area contributed by atoms with E-state index in [2.05, 4.69) is 4.99 Å². The summed E-state index contributed by atoms with van der Waals surface area (Å²) in [6.45, 7) is -0.223. The Morgan fingerprint density at radius 2 is 1.84 bits per heavy atom. The molecule has 0 aliphatic carbocycles. The topological polar surface area (TPSA) is 98.0 Å². The van der Waals surface area contributed by atoms with Gasteiger partial charge in [-0.2, -0.15) is 4.99 Å². The third-order valence-corrected chi connectivity index (χ3v) is 6.69. The Morgan fingerprint density at radius 1 is 1.12 bits per heavy atom. The van der Waals surface area contributed by atoms with E-state index in [1.54, 1.807) is 24.3 Å². The molecule has 0 saturated carbocycles. The van der Waals surface area contributed by atoms with Gasteiger partial charge >= 0.3 is 5.97 Å². The monoisotopic (exact) mass is 491 g/mol. The molecule has 0 N–H and O–H groups in total. The molecule has 2 heterocycles. The van der Waals surface area contributed by atoms with E-state index in [9.17, 15) is 19.2 Å². The Labute approximate surface area is 195 Å². The number of anilines is 1. The summed E-state index contributed by atoms with van der Waals surface area (Å²) < 4.78 is 6.90. The lowest BCUT2D eigenvalue weighted by atomic mass is 10.2. The molecule has 32 heavy (non-hydrogen) atoms. The standard InChI is InChI=1S/C21H15Cl2N3O5S/c1-31-17(29)10-25-19-14(6-5-13(22)18(19)23)32-21(25)24-20(30)11-3-2-4-12(9-11)26-15(27)7-8-16(26)28/h2-6,9H,7-8,10H2,1H3. The summed E-state index contributed by atoms with van der Waals surface area (Å²) in [5, 5.41) is 0.521. The van der Waals surface area contributed by atoms with E-state index in [4.69, 9.17) is 27.9 Å². The fourth-order valence-electron chi connectivity index (χ4n) is 3.32. The van der Waals surface area contributed by atoms with E-state index in [1.807, 2.05) is 0 Å². The molecule has 1 fully saturated rings. The molecule has 3 aromatic rings. The molecule has 1 aliphatic heterocycles. The van der Waals surface area contributed by atoms with Crippen LogP contribution in [0.4, 0.5) is 5.69 Å². The molecule has 0 spiro atoms.